The van der Waals surface area contributed by atoms with Crippen molar-refractivity contribution in [3.05, 3.63) is 29.6 Å². The van der Waals surface area contributed by atoms with Crippen molar-refractivity contribution in [1.82, 2.24) is 9.97 Å². The Kier molecular flexibility index (Phi) is 2.56. The maximum absolute atomic E-state index is 10.7. The maximum atomic E-state index is 10.7. The van der Waals surface area contributed by atoms with Crippen molar-refractivity contribution in [2.24, 2.45) is 0 Å². The smallest absolute Gasteiger partial charge is 0.307 e. The molecule has 5 heteroatoms. The van der Waals surface area contributed by atoms with Crippen LogP contribution < -0.4 is 0 Å². The van der Waals surface area contributed by atoms with Gasteiger partial charge in [0.15, 0.2) is 0 Å². The van der Waals surface area contributed by atoms with Gasteiger partial charge in [-0.15, -0.1) is 0 Å². The fourth-order valence-corrected chi connectivity index (χ4v) is 1.68. The fraction of sp³-hybridized carbons (Fsp3) is 0.182. The number of H-pyrrole nitrogens is 1. The van der Waals surface area contributed by atoms with E-state index in [4.69, 9.17) is 10.4 Å². The number of fused-ring (bicyclic) bond motifs is 1. The molecule has 0 aliphatic rings. The Balaban J connectivity index is 2.55. The molecule has 0 aliphatic carbocycles. The first-order valence-electron chi connectivity index (χ1n) is 4.75. The lowest BCUT2D eigenvalue weighted by atomic mass is 10.0. The minimum atomic E-state index is -0.891. The van der Waals surface area contributed by atoms with Crippen molar-refractivity contribution < 1.29 is 9.90 Å². The normalized spacial score (nSPS) is 10.2. The van der Waals surface area contributed by atoms with Crippen molar-refractivity contribution in [3.63, 3.8) is 0 Å². The van der Waals surface area contributed by atoms with Crippen LogP contribution in [0.2, 0.25) is 0 Å². The van der Waals surface area contributed by atoms with E-state index in [9.17, 15) is 4.79 Å². The molecule has 0 saturated heterocycles. The van der Waals surface area contributed by atoms with E-state index in [2.05, 4.69) is 16.0 Å². The maximum Gasteiger partial charge on any atom is 0.307 e. The van der Waals surface area contributed by atoms with Crippen LogP contribution in [0.5, 0.6) is 0 Å². The SMILES string of the molecule is N#CCc1ccc(CC(=O)O)c2nc[nH]c12. The zero-order valence-corrected chi connectivity index (χ0v) is 8.40. The minimum absolute atomic E-state index is 0.0613. The van der Waals surface area contributed by atoms with Gasteiger partial charge in [0.1, 0.15) is 0 Å². The Hall–Kier alpha value is -2.35. The number of nitrogens with zero attached hydrogens (tertiary/aromatic N) is 2. The fourth-order valence-electron chi connectivity index (χ4n) is 1.68. The summed E-state index contributed by atoms with van der Waals surface area (Å²) in [6.45, 7) is 0. The molecular formula is C11H9N3O2. The highest BCUT2D eigenvalue weighted by atomic mass is 16.4. The van der Waals surface area contributed by atoms with Gasteiger partial charge in [-0.1, -0.05) is 12.1 Å². The van der Waals surface area contributed by atoms with Crippen molar-refractivity contribution >= 4 is 17.0 Å². The molecule has 0 bridgehead atoms. The van der Waals surface area contributed by atoms with E-state index in [0.29, 0.717) is 11.1 Å². The second kappa shape index (κ2) is 4.03. The van der Waals surface area contributed by atoms with Crippen LogP contribution in [-0.2, 0) is 17.6 Å². The highest BCUT2D eigenvalue weighted by molar-refractivity contribution is 5.85. The Bertz CT molecular complexity index is 580. The van der Waals surface area contributed by atoms with E-state index in [1.54, 1.807) is 12.1 Å². The molecule has 16 heavy (non-hydrogen) atoms. The Morgan fingerprint density at radius 2 is 2.25 bits per heavy atom. The Labute approximate surface area is 91.3 Å². The molecule has 0 amide bonds. The molecule has 5 nitrogen and oxygen atoms in total. The number of nitriles is 1. The van der Waals surface area contributed by atoms with Crippen LogP contribution in [0, 0.1) is 11.3 Å². The van der Waals surface area contributed by atoms with Gasteiger partial charge < -0.3 is 10.1 Å². The number of carboxylic acid groups (broad SMARTS) is 1. The van der Waals surface area contributed by atoms with Crippen LogP contribution in [0.15, 0.2) is 18.5 Å². The molecule has 0 radical (unpaired) electrons. The summed E-state index contributed by atoms with van der Waals surface area (Å²) in [7, 11) is 0. The lowest BCUT2D eigenvalue weighted by Crippen LogP contribution is -2.01. The zero-order valence-electron chi connectivity index (χ0n) is 8.40. The third kappa shape index (κ3) is 1.73. The quantitative estimate of drug-likeness (QED) is 0.806. The molecule has 0 spiro atoms. The van der Waals surface area contributed by atoms with Crippen LogP contribution in [0.1, 0.15) is 11.1 Å². The van der Waals surface area contributed by atoms with Gasteiger partial charge in [-0.25, -0.2) is 4.98 Å². The van der Waals surface area contributed by atoms with Crippen LogP contribution in [0.4, 0.5) is 0 Å². The van der Waals surface area contributed by atoms with Crippen LogP contribution in [0.25, 0.3) is 11.0 Å². The number of rotatable bonds is 3. The zero-order chi connectivity index (χ0) is 11.5. The second-order valence-electron chi connectivity index (χ2n) is 3.42. The number of carbonyl (C=O) groups is 1. The standard InChI is InChI=1S/C11H9N3O2/c12-4-3-7-1-2-8(5-9(15)16)11-10(7)13-6-14-11/h1-2,6H,3,5H2,(H,13,14)(H,15,16). The van der Waals surface area contributed by atoms with E-state index in [1.165, 1.54) is 6.33 Å². The van der Waals surface area contributed by atoms with Gasteiger partial charge in [-0.05, 0) is 11.1 Å². The van der Waals surface area contributed by atoms with Gasteiger partial charge in [0.2, 0.25) is 0 Å². The molecule has 0 atom stereocenters. The van der Waals surface area contributed by atoms with Crippen molar-refractivity contribution in [2.45, 2.75) is 12.8 Å². The first kappa shape index (κ1) is 10.2. The summed E-state index contributed by atoms with van der Waals surface area (Å²) in [4.78, 5) is 17.7. The molecule has 0 saturated carbocycles. The van der Waals surface area contributed by atoms with Gasteiger partial charge in [-0.2, -0.15) is 5.26 Å². The number of hydrogen-bond donors (Lipinski definition) is 2. The van der Waals surface area contributed by atoms with Gasteiger partial charge in [0, 0.05) is 0 Å². The predicted molar refractivity (Wildman–Crippen MR) is 56.8 cm³/mol. The highest BCUT2D eigenvalue weighted by Crippen LogP contribution is 2.20. The molecule has 1 aromatic heterocycles. The summed E-state index contributed by atoms with van der Waals surface area (Å²) >= 11 is 0. The van der Waals surface area contributed by atoms with Crippen molar-refractivity contribution in [2.75, 3.05) is 0 Å². The van der Waals surface area contributed by atoms with E-state index in [1.807, 2.05) is 0 Å². The molecule has 2 aromatic rings. The summed E-state index contributed by atoms with van der Waals surface area (Å²) in [6, 6.07) is 5.54. The van der Waals surface area contributed by atoms with E-state index in [-0.39, 0.29) is 12.8 Å². The number of benzene rings is 1. The van der Waals surface area contributed by atoms with Gasteiger partial charge in [0.05, 0.1) is 36.3 Å². The summed E-state index contributed by atoms with van der Waals surface area (Å²) in [5.74, 6) is -0.891. The average Bonchev–Trinajstić information content (AvgIpc) is 2.70. The highest BCUT2D eigenvalue weighted by Gasteiger charge is 2.10. The Morgan fingerprint density at radius 3 is 2.94 bits per heavy atom. The third-order valence-corrected chi connectivity index (χ3v) is 2.36. The van der Waals surface area contributed by atoms with E-state index < -0.39 is 5.97 Å². The molecule has 1 heterocycles. The number of carboxylic acids is 1. The number of aromatic amines is 1. The molecule has 80 valence electrons. The summed E-state index contributed by atoms with van der Waals surface area (Å²) in [5.41, 5.74) is 2.88. The first-order valence-corrected chi connectivity index (χ1v) is 4.75. The van der Waals surface area contributed by atoms with E-state index >= 15 is 0 Å². The van der Waals surface area contributed by atoms with Crippen LogP contribution in [0.3, 0.4) is 0 Å². The number of aromatic nitrogens is 2. The van der Waals surface area contributed by atoms with Crippen molar-refractivity contribution in [3.8, 4) is 6.07 Å². The Morgan fingerprint density at radius 1 is 1.50 bits per heavy atom. The van der Waals surface area contributed by atoms with E-state index in [0.717, 1.165) is 11.1 Å². The van der Waals surface area contributed by atoms with Gasteiger partial charge in [-0.3, -0.25) is 4.79 Å². The lowest BCUT2D eigenvalue weighted by molar-refractivity contribution is -0.136. The number of imidazole rings is 1. The molecule has 2 rings (SSSR count). The average molecular weight is 215 g/mol. The predicted octanol–water partition coefficient (Wildman–Crippen LogP) is 1.26. The topological polar surface area (TPSA) is 89.8 Å². The molecule has 0 unspecified atom stereocenters. The molecule has 1 aromatic carbocycles. The van der Waals surface area contributed by atoms with Gasteiger partial charge >= 0.3 is 5.97 Å². The molecular weight excluding hydrogens is 206 g/mol. The third-order valence-electron chi connectivity index (χ3n) is 2.36. The lowest BCUT2D eigenvalue weighted by Gasteiger charge is -2.02. The minimum Gasteiger partial charge on any atom is -0.481 e. The van der Waals surface area contributed by atoms with Crippen LogP contribution >= 0.6 is 0 Å². The largest absolute Gasteiger partial charge is 0.481 e. The molecule has 0 fully saturated rings. The summed E-state index contributed by atoms with van der Waals surface area (Å²) < 4.78 is 0. The number of hydrogen-bond acceptors (Lipinski definition) is 3. The second-order valence-corrected chi connectivity index (χ2v) is 3.42. The number of aliphatic carboxylic acids is 1. The van der Waals surface area contributed by atoms with Gasteiger partial charge in [0.25, 0.3) is 0 Å². The van der Waals surface area contributed by atoms with Crippen molar-refractivity contribution in [1.29, 1.82) is 5.26 Å². The number of nitrogens with one attached hydrogen (secondary N) is 1. The summed E-state index contributed by atoms with van der Waals surface area (Å²) in [6.07, 6.45) is 1.73. The molecule has 2 N–H and O–H groups in total. The molecule has 0 aliphatic heterocycles. The summed E-state index contributed by atoms with van der Waals surface area (Å²) in [5, 5.41) is 17.4. The van der Waals surface area contributed by atoms with Crippen LogP contribution in [-0.4, -0.2) is 21.0 Å². The monoisotopic (exact) mass is 215 g/mol. The first-order chi connectivity index (χ1) is 7.72.